The number of hydrogen-bond acceptors (Lipinski definition) is 6. The van der Waals surface area contributed by atoms with Crippen molar-refractivity contribution in [2.24, 2.45) is 0 Å². The summed E-state index contributed by atoms with van der Waals surface area (Å²) in [6, 6.07) is 28.5. The molecule has 0 saturated heterocycles. The van der Waals surface area contributed by atoms with Gasteiger partial charge in [-0.25, -0.2) is 0 Å². The summed E-state index contributed by atoms with van der Waals surface area (Å²) < 4.78 is 36.6. The minimum Gasteiger partial charge on any atom is -0.484 e. The zero-order valence-electron chi connectivity index (χ0n) is 24.4. The first-order valence-electron chi connectivity index (χ1n) is 14.1. The van der Waals surface area contributed by atoms with Crippen LogP contribution in [0.3, 0.4) is 0 Å². The molecule has 12 heteroatoms. The van der Waals surface area contributed by atoms with Crippen LogP contribution in [0.25, 0.3) is 10.9 Å². The van der Waals surface area contributed by atoms with Crippen LogP contribution >= 0.6 is 22.9 Å². The Hall–Kier alpha value is -4.72. The third-order valence-electron chi connectivity index (χ3n) is 7.07. The normalized spacial score (nSPS) is 12.6. The fourth-order valence-electron chi connectivity index (χ4n) is 4.76. The van der Waals surface area contributed by atoms with E-state index in [2.05, 4.69) is 29.7 Å². The number of anilines is 3. The lowest BCUT2D eigenvalue weighted by atomic mass is 10.0. The van der Waals surface area contributed by atoms with Gasteiger partial charge in [0.2, 0.25) is 0 Å². The van der Waals surface area contributed by atoms with Crippen LogP contribution in [0.2, 0.25) is 0 Å². The van der Waals surface area contributed by atoms with E-state index in [4.69, 9.17) is 4.74 Å². The molecule has 0 bridgehead atoms. The summed E-state index contributed by atoms with van der Waals surface area (Å²) in [4.78, 5) is 25.0. The lowest BCUT2D eigenvalue weighted by molar-refractivity contribution is -0.144. The third-order valence-corrected chi connectivity index (χ3v) is 7.65. The lowest BCUT2D eigenvalue weighted by Crippen LogP contribution is -2.46. The second kappa shape index (κ2) is 13.9. The van der Waals surface area contributed by atoms with E-state index in [0.717, 1.165) is 16.6 Å². The van der Waals surface area contributed by atoms with Crippen LogP contribution in [0.4, 0.5) is 25.8 Å². The number of hydrogen-bond donors (Lipinski definition) is 5. The molecule has 5 aromatic rings. The molecule has 0 spiro atoms. The number of amides is 2. The van der Waals surface area contributed by atoms with Crippen molar-refractivity contribution in [2.75, 3.05) is 8.85 Å². The monoisotopic (exact) mass is 724 g/mol. The van der Waals surface area contributed by atoms with Crippen LogP contribution in [0.1, 0.15) is 41.6 Å². The molecule has 0 aliphatic heterocycles. The maximum Gasteiger partial charge on any atom is 0.321 e. The van der Waals surface area contributed by atoms with Crippen molar-refractivity contribution in [3.63, 3.8) is 0 Å². The molecule has 0 fully saturated rings. The standard InChI is InChI=1S/C33H31F2IN6O3/c1-20(38-32(44)33(2,34)35)30(21-9-4-3-5-10-21)45-24-15-16-27(28(18-24)40-36)39-23-12-8-11-22(17-23)31(43)37-19-29-25-13-6-7-14-26(25)41-42-29/h3-18,20,30,39-40H,19H2,1-2H3,(H,37,43)(H,38,44)(H,41,42)/t20-,30-/m0/s1. The van der Waals surface area contributed by atoms with Gasteiger partial charge in [-0.15, -0.1) is 0 Å². The van der Waals surface area contributed by atoms with Crippen molar-refractivity contribution in [1.29, 1.82) is 0 Å². The molecule has 0 aliphatic carbocycles. The Morgan fingerprint density at radius 2 is 1.71 bits per heavy atom. The molecule has 4 aromatic carbocycles. The molecule has 0 saturated carbocycles. The number of aromatic amines is 1. The number of nitrogens with zero attached hydrogens (tertiary/aromatic N) is 1. The fraction of sp³-hybridized carbons (Fsp3) is 0.182. The van der Waals surface area contributed by atoms with Crippen molar-refractivity contribution >= 4 is 62.6 Å². The quantitative estimate of drug-likeness (QED) is 0.0682. The van der Waals surface area contributed by atoms with Gasteiger partial charge in [-0.2, -0.15) is 13.9 Å². The highest BCUT2D eigenvalue weighted by Crippen LogP contribution is 2.34. The number of nitrogens with one attached hydrogen (secondary N) is 5. The molecular weight excluding hydrogens is 693 g/mol. The number of carbonyl (C=O) groups is 2. The number of alkyl halides is 2. The second-order valence-electron chi connectivity index (χ2n) is 10.5. The number of benzene rings is 4. The summed E-state index contributed by atoms with van der Waals surface area (Å²) in [7, 11) is 0. The van der Waals surface area contributed by atoms with Crippen molar-refractivity contribution < 1.29 is 23.1 Å². The van der Waals surface area contributed by atoms with E-state index < -0.39 is 24.0 Å². The topological polar surface area (TPSA) is 120 Å². The summed E-state index contributed by atoms with van der Waals surface area (Å²) in [5.41, 5.74) is 4.92. The number of aromatic nitrogens is 2. The van der Waals surface area contributed by atoms with E-state index in [1.165, 1.54) is 0 Å². The van der Waals surface area contributed by atoms with E-state index in [0.29, 0.717) is 40.9 Å². The van der Waals surface area contributed by atoms with Crippen LogP contribution in [-0.4, -0.2) is 34.0 Å². The largest absolute Gasteiger partial charge is 0.484 e. The molecule has 5 rings (SSSR count). The van der Waals surface area contributed by atoms with Gasteiger partial charge in [0.15, 0.2) is 0 Å². The van der Waals surface area contributed by atoms with Crippen molar-refractivity contribution in [2.45, 2.75) is 38.5 Å². The number of ether oxygens (including phenoxy) is 1. The van der Waals surface area contributed by atoms with Crippen molar-refractivity contribution in [3.8, 4) is 5.75 Å². The zero-order chi connectivity index (χ0) is 32.0. The fourth-order valence-corrected chi connectivity index (χ4v) is 5.20. The molecule has 2 amide bonds. The molecule has 0 aliphatic rings. The minimum absolute atomic E-state index is 0.240. The van der Waals surface area contributed by atoms with Gasteiger partial charge >= 0.3 is 5.92 Å². The Labute approximate surface area is 272 Å². The van der Waals surface area contributed by atoms with Gasteiger partial charge in [0.05, 0.1) is 58.0 Å². The number of halogens is 3. The predicted molar refractivity (Wildman–Crippen MR) is 179 cm³/mol. The number of rotatable bonds is 12. The molecule has 9 nitrogen and oxygen atoms in total. The third kappa shape index (κ3) is 7.87. The molecule has 1 heterocycles. The highest BCUT2D eigenvalue weighted by Gasteiger charge is 2.35. The molecule has 2 atom stereocenters. The Balaban J connectivity index is 1.29. The van der Waals surface area contributed by atoms with Gasteiger partial charge < -0.3 is 24.2 Å². The molecule has 5 N–H and O–H groups in total. The maximum absolute atomic E-state index is 13.6. The highest BCUT2D eigenvalue weighted by molar-refractivity contribution is 14.1. The average Bonchev–Trinajstić information content (AvgIpc) is 3.46. The first-order chi connectivity index (χ1) is 21.6. The molecule has 0 radical (unpaired) electrons. The number of para-hydroxylation sites is 1. The van der Waals surface area contributed by atoms with Gasteiger partial charge in [0, 0.05) is 29.6 Å². The van der Waals surface area contributed by atoms with Crippen molar-refractivity contribution in [1.82, 2.24) is 20.8 Å². The summed E-state index contributed by atoms with van der Waals surface area (Å²) in [6.07, 6.45) is -0.743. The summed E-state index contributed by atoms with van der Waals surface area (Å²) in [5, 5.41) is 16.9. The van der Waals surface area contributed by atoms with Gasteiger partial charge in [0.1, 0.15) is 11.9 Å². The molecule has 45 heavy (non-hydrogen) atoms. The first-order valence-corrected chi connectivity index (χ1v) is 15.2. The van der Waals surface area contributed by atoms with Crippen LogP contribution in [-0.2, 0) is 11.3 Å². The van der Waals surface area contributed by atoms with E-state index in [9.17, 15) is 18.4 Å². The van der Waals surface area contributed by atoms with Crippen molar-refractivity contribution in [3.05, 3.63) is 114 Å². The van der Waals surface area contributed by atoms with Gasteiger partial charge in [0.25, 0.3) is 11.8 Å². The number of carbonyl (C=O) groups excluding carboxylic acids is 2. The van der Waals surface area contributed by atoms with Gasteiger partial charge in [-0.1, -0.05) is 54.6 Å². The van der Waals surface area contributed by atoms with Crippen LogP contribution in [0.5, 0.6) is 5.75 Å². The lowest BCUT2D eigenvalue weighted by Gasteiger charge is -2.28. The average molecular weight is 725 g/mol. The van der Waals surface area contributed by atoms with E-state index >= 15 is 0 Å². The highest BCUT2D eigenvalue weighted by atomic mass is 127. The van der Waals surface area contributed by atoms with Crippen LogP contribution in [0.15, 0.2) is 97.1 Å². The first kappa shape index (κ1) is 31.7. The van der Waals surface area contributed by atoms with E-state index in [1.807, 2.05) is 83.5 Å². The Morgan fingerprint density at radius 3 is 2.47 bits per heavy atom. The zero-order valence-corrected chi connectivity index (χ0v) is 26.6. The van der Waals surface area contributed by atoms with E-state index in [-0.39, 0.29) is 12.5 Å². The van der Waals surface area contributed by atoms with Crippen LogP contribution < -0.4 is 24.2 Å². The predicted octanol–water partition coefficient (Wildman–Crippen LogP) is 7.28. The Morgan fingerprint density at radius 1 is 0.956 bits per heavy atom. The molecule has 1 aromatic heterocycles. The molecule has 232 valence electrons. The van der Waals surface area contributed by atoms with Gasteiger partial charge in [-0.3, -0.25) is 14.7 Å². The van der Waals surface area contributed by atoms with Gasteiger partial charge in [-0.05, 0) is 48.9 Å². The molecular formula is C33H31F2IN6O3. The molecule has 0 unspecified atom stereocenters. The SMILES string of the molecule is C[C@H](NC(=O)C(C)(F)F)[C@H](Oc1ccc(Nc2cccc(C(=O)NCc3n[nH]c4ccccc34)c2)c(NI)c1)c1ccccc1. The summed E-state index contributed by atoms with van der Waals surface area (Å²) in [6.45, 7) is 2.45. The minimum atomic E-state index is -3.52. The number of fused-ring (bicyclic) bond motifs is 1. The summed E-state index contributed by atoms with van der Waals surface area (Å²) >= 11 is 2.00. The second-order valence-corrected chi connectivity index (χ2v) is 11.0. The van der Waals surface area contributed by atoms with E-state index in [1.54, 1.807) is 43.3 Å². The van der Waals surface area contributed by atoms with Crippen LogP contribution in [0, 0.1) is 0 Å². The smallest absolute Gasteiger partial charge is 0.321 e. The summed E-state index contributed by atoms with van der Waals surface area (Å²) in [5.74, 6) is -4.68. The number of H-pyrrole nitrogens is 1. The Bertz CT molecular complexity index is 1790. The maximum atomic E-state index is 13.6. The Kier molecular flexibility index (Phi) is 9.81.